The third kappa shape index (κ3) is 3.52. The van der Waals surface area contributed by atoms with Gasteiger partial charge in [0.1, 0.15) is 5.82 Å². The number of benzene rings is 1. The van der Waals surface area contributed by atoms with Crippen LogP contribution in [0.3, 0.4) is 0 Å². The second-order valence-electron chi connectivity index (χ2n) is 5.71. The quantitative estimate of drug-likeness (QED) is 0.886. The second-order valence-corrected chi connectivity index (χ2v) is 5.71. The van der Waals surface area contributed by atoms with E-state index in [0.29, 0.717) is 6.04 Å². The van der Waals surface area contributed by atoms with Crippen molar-refractivity contribution in [2.75, 3.05) is 32.1 Å². The maximum Gasteiger partial charge on any atom is 0.129 e. The smallest absolute Gasteiger partial charge is 0.129 e. The highest BCUT2D eigenvalue weighted by Crippen LogP contribution is 2.24. The molecule has 0 fully saturated rings. The standard InChI is InChI=1S/C17H25N3O/c1-5-20(13(2)11-19(3)4)17-10-14(12-21)15-8-6-7-9-16(15)18-17/h6-10,13,21H,5,11-12H2,1-4H3. The molecule has 0 aliphatic heterocycles. The molecule has 0 aliphatic carbocycles. The second kappa shape index (κ2) is 6.87. The van der Waals surface area contributed by atoms with Gasteiger partial charge in [-0.1, -0.05) is 18.2 Å². The van der Waals surface area contributed by atoms with Gasteiger partial charge < -0.3 is 14.9 Å². The Kier molecular flexibility index (Phi) is 5.15. The molecule has 0 radical (unpaired) electrons. The molecule has 0 saturated heterocycles. The number of hydrogen-bond acceptors (Lipinski definition) is 4. The van der Waals surface area contributed by atoms with Crippen LogP contribution in [0.25, 0.3) is 10.9 Å². The molecule has 0 aliphatic rings. The molecule has 0 spiro atoms. The Morgan fingerprint density at radius 2 is 1.95 bits per heavy atom. The highest BCUT2D eigenvalue weighted by molar-refractivity contribution is 5.84. The van der Waals surface area contributed by atoms with Gasteiger partial charge in [0, 0.05) is 24.5 Å². The van der Waals surface area contributed by atoms with E-state index in [0.717, 1.165) is 35.4 Å². The fourth-order valence-corrected chi connectivity index (χ4v) is 2.84. The zero-order valence-electron chi connectivity index (χ0n) is 13.4. The molecule has 1 N–H and O–H groups in total. The molecule has 114 valence electrons. The zero-order chi connectivity index (χ0) is 15.4. The molecule has 1 aromatic heterocycles. The van der Waals surface area contributed by atoms with Crippen LogP contribution in [0, 0.1) is 0 Å². The molecule has 0 saturated carbocycles. The van der Waals surface area contributed by atoms with Crippen molar-refractivity contribution in [3.8, 4) is 0 Å². The minimum atomic E-state index is 0.0374. The molecule has 2 rings (SSSR count). The van der Waals surface area contributed by atoms with E-state index < -0.39 is 0 Å². The van der Waals surface area contributed by atoms with Gasteiger partial charge in [-0.2, -0.15) is 0 Å². The van der Waals surface area contributed by atoms with Crippen molar-refractivity contribution in [3.05, 3.63) is 35.9 Å². The normalized spacial score (nSPS) is 12.9. The molecule has 1 heterocycles. The van der Waals surface area contributed by atoms with Crippen LogP contribution in [0.1, 0.15) is 19.4 Å². The van der Waals surface area contributed by atoms with Gasteiger partial charge in [-0.25, -0.2) is 4.98 Å². The molecule has 1 atom stereocenters. The van der Waals surface area contributed by atoms with Gasteiger partial charge in [0.05, 0.1) is 12.1 Å². The molecule has 0 bridgehead atoms. The summed E-state index contributed by atoms with van der Waals surface area (Å²) in [4.78, 5) is 9.24. The summed E-state index contributed by atoms with van der Waals surface area (Å²) in [6, 6.07) is 10.4. The first-order chi connectivity index (χ1) is 10.1. The van der Waals surface area contributed by atoms with Crippen molar-refractivity contribution in [2.24, 2.45) is 0 Å². The minimum absolute atomic E-state index is 0.0374. The number of nitrogens with zero attached hydrogens (tertiary/aromatic N) is 3. The zero-order valence-corrected chi connectivity index (χ0v) is 13.4. The van der Waals surface area contributed by atoms with Crippen LogP contribution >= 0.6 is 0 Å². The van der Waals surface area contributed by atoms with Crippen molar-refractivity contribution >= 4 is 16.7 Å². The van der Waals surface area contributed by atoms with Gasteiger partial charge in [0.15, 0.2) is 0 Å². The van der Waals surface area contributed by atoms with E-state index in [4.69, 9.17) is 4.98 Å². The minimum Gasteiger partial charge on any atom is -0.392 e. The fraction of sp³-hybridized carbons (Fsp3) is 0.471. The summed E-state index contributed by atoms with van der Waals surface area (Å²) < 4.78 is 0. The van der Waals surface area contributed by atoms with Crippen LogP contribution in [-0.2, 0) is 6.61 Å². The summed E-state index contributed by atoms with van der Waals surface area (Å²) in [6.45, 7) is 6.25. The highest BCUT2D eigenvalue weighted by Gasteiger charge is 2.16. The SMILES string of the molecule is CCN(c1cc(CO)c2ccccc2n1)C(C)CN(C)C. The number of likely N-dealkylation sites (N-methyl/N-ethyl adjacent to an activating group) is 2. The average Bonchev–Trinajstić information content (AvgIpc) is 2.46. The summed E-state index contributed by atoms with van der Waals surface area (Å²) in [5.74, 6) is 0.939. The molecule has 2 aromatic rings. The van der Waals surface area contributed by atoms with Crippen LogP contribution in [0.5, 0.6) is 0 Å². The number of anilines is 1. The summed E-state index contributed by atoms with van der Waals surface area (Å²) >= 11 is 0. The van der Waals surface area contributed by atoms with Gasteiger partial charge in [0.25, 0.3) is 0 Å². The Labute approximate surface area is 127 Å². The molecular formula is C17H25N3O. The third-order valence-electron chi connectivity index (χ3n) is 3.76. The third-order valence-corrected chi connectivity index (χ3v) is 3.76. The molecule has 1 unspecified atom stereocenters. The van der Waals surface area contributed by atoms with Crippen molar-refractivity contribution < 1.29 is 5.11 Å². The predicted molar refractivity (Wildman–Crippen MR) is 88.7 cm³/mol. The van der Waals surface area contributed by atoms with Crippen LogP contribution in [0.2, 0.25) is 0 Å². The number of aromatic nitrogens is 1. The van der Waals surface area contributed by atoms with Crippen molar-refractivity contribution in [2.45, 2.75) is 26.5 Å². The monoisotopic (exact) mass is 287 g/mol. The number of fused-ring (bicyclic) bond motifs is 1. The molecular weight excluding hydrogens is 262 g/mol. The van der Waals surface area contributed by atoms with Gasteiger partial charge in [0.2, 0.25) is 0 Å². The van der Waals surface area contributed by atoms with Gasteiger partial charge >= 0.3 is 0 Å². The van der Waals surface area contributed by atoms with E-state index in [1.807, 2.05) is 30.3 Å². The maximum atomic E-state index is 9.64. The average molecular weight is 287 g/mol. The first kappa shape index (κ1) is 15.7. The maximum absolute atomic E-state index is 9.64. The van der Waals surface area contributed by atoms with Crippen LogP contribution in [0.4, 0.5) is 5.82 Å². The van der Waals surface area contributed by atoms with Gasteiger partial charge in [-0.15, -0.1) is 0 Å². The largest absolute Gasteiger partial charge is 0.392 e. The number of para-hydroxylation sites is 1. The molecule has 4 nitrogen and oxygen atoms in total. The van der Waals surface area contributed by atoms with Gasteiger partial charge in [-0.05, 0) is 45.6 Å². The van der Waals surface area contributed by atoms with Gasteiger partial charge in [-0.3, -0.25) is 0 Å². The number of aliphatic hydroxyl groups is 1. The van der Waals surface area contributed by atoms with E-state index in [2.05, 4.69) is 37.7 Å². The Morgan fingerprint density at radius 1 is 1.24 bits per heavy atom. The Balaban J connectivity index is 2.44. The Morgan fingerprint density at radius 3 is 2.57 bits per heavy atom. The summed E-state index contributed by atoms with van der Waals surface area (Å²) in [5, 5.41) is 10.7. The summed E-state index contributed by atoms with van der Waals surface area (Å²) in [7, 11) is 4.16. The van der Waals surface area contributed by atoms with E-state index >= 15 is 0 Å². The number of aliphatic hydroxyl groups excluding tert-OH is 1. The Bertz CT molecular complexity index is 598. The lowest BCUT2D eigenvalue weighted by molar-refractivity contribution is 0.283. The van der Waals surface area contributed by atoms with Crippen LogP contribution in [-0.4, -0.2) is 48.2 Å². The van der Waals surface area contributed by atoms with E-state index in [9.17, 15) is 5.11 Å². The number of rotatable bonds is 6. The molecule has 4 heteroatoms. The van der Waals surface area contributed by atoms with Crippen LogP contribution < -0.4 is 4.90 Å². The van der Waals surface area contributed by atoms with E-state index in [1.54, 1.807) is 0 Å². The van der Waals surface area contributed by atoms with Crippen molar-refractivity contribution in [1.82, 2.24) is 9.88 Å². The lowest BCUT2D eigenvalue weighted by Crippen LogP contribution is -2.40. The molecule has 21 heavy (non-hydrogen) atoms. The first-order valence-electron chi connectivity index (χ1n) is 7.47. The summed E-state index contributed by atoms with van der Waals surface area (Å²) in [5.41, 5.74) is 1.88. The van der Waals surface area contributed by atoms with Crippen molar-refractivity contribution in [1.29, 1.82) is 0 Å². The lowest BCUT2D eigenvalue weighted by atomic mass is 10.1. The topological polar surface area (TPSA) is 39.6 Å². The lowest BCUT2D eigenvalue weighted by Gasteiger charge is -2.31. The first-order valence-corrected chi connectivity index (χ1v) is 7.47. The number of hydrogen-bond donors (Lipinski definition) is 1. The van der Waals surface area contributed by atoms with Crippen molar-refractivity contribution in [3.63, 3.8) is 0 Å². The number of pyridine rings is 1. The molecule has 0 amide bonds. The Hall–Kier alpha value is -1.65. The summed E-state index contributed by atoms with van der Waals surface area (Å²) in [6.07, 6.45) is 0. The van der Waals surface area contributed by atoms with E-state index in [-0.39, 0.29) is 6.61 Å². The predicted octanol–water partition coefficient (Wildman–Crippen LogP) is 2.50. The highest BCUT2D eigenvalue weighted by atomic mass is 16.3. The van der Waals surface area contributed by atoms with Crippen LogP contribution in [0.15, 0.2) is 30.3 Å². The fourth-order valence-electron chi connectivity index (χ4n) is 2.84. The molecule has 1 aromatic carbocycles. The van der Waals surface area contributed by atoms with E-state index in [1.165, 1.54) is 0 Å².